The monoisotopic (exact) mass is 551 g/mol. The highest BCUT2D eigenvalue weighted by Crippen LogP contribution is 2.38. The van der Waals surface area contributed by atoms with E-state index in [4.69, 9.17) is 0 Å². The number of carbonyl (C=O) groups excluding carboxylic acids is 4. The van der Waals surface area contributed by atoms with Gasteiger partial charge in [0.15, 0.2) is 5.69 Å². The van der Waals surface area contributed by atoms with Gasteiger partial charge in [-0.15, -0.1) is 0 Å². The number of amides is 5. The fourth-order valence-corrected chi connectivity index (χ4v) is 6.37. The molecule has 0 spiro atoms. The Balaban J connectivity index is 1.35. The Labute approximate surface area is 233 Å². The van der Waals surface area contributed by atoms with Crippen LogP contribution >= 0.6 is 0 Å². The first kappa shape index (κ1) is 27.6. The van der Waals surface area contributed by atoms with Gasteiger partial charge in [0.05, 0.1) is 0 Å². The normalized spacial score (nSPS) is 23.3. The number of urea groups is 1. The lowest BCUT2D eigenvalue weighted by Gasteiger charge is -2.36. The molecular weight excluding hydrogens is 514 g/mol. The zero-order valence-corrected chi connectivity index (χ0v) is 23.2. The second kappa shape index (κ2) is 11.3. The van der Waals surface area contributed by atoms with Gasteiger partial charge in [-0.2, -0.15) is 0 Å². The minimum atomic E-state index is -1.03. The largest absolute Gasteiger partial charge is 0.357 e. The Morgan fingerprint density at radius 1 is 1.15 bits per heavy atom. The van der Waals surface area contributed by atoms with Gasteiger partial charge in [0.1, 0.15) is 17.3 Å². The van der Waals surface area contributed by atoms with Crippen molar-refractivity contribution in [1.82, 2.24) is 31.2 Å². The second-order valence-electron chi connectivity index (χ2n) is 11.1. The van der Waals surface area contributed by atoms with Crippen LogP contribution in [0.5, 0.6) is 0 Å². The van der Waals surface area contributed by atoms with E-state index < -0.39 is 17.5 Å². The number of anilines is 1. The van der Waals surface area contributed by atoms with E-state index in [0.717, 1.165) is 49.7 Å². The minimum absolute atomic E-state index is 0.00339. The average molecular weight is 552 g/mol. The Hall–Kier alpha value is -3.96. The molecule has 0 bridgehead atoms. The molecule has 3 atom stereocenters. The van der Waals surface area contributed by atoms with Crippen molar-refractivity contribution in [2.45, 2.75) is 82.8 Å². The van der Waals surface area contributed by atoms with Crippen molar-refractivity contribution in [3.63, 3.8) is 0 Å². The maximum Gasteiger partial charge on any atom is 0.318 e. The van der Waals surface area contributed by atoms with Crippen LogP contribution in [0.15, 0.2) is 22.8 Å². The maximum atomic E-state index is 13.6. The van der Waals surface area contributed by atoms with Crippen LogP contribution in [-0.2, 0) is 22.4 Å². The van der Waals surface area contributed by atoms with E-state index in [0.29, 0.717) is 30.8 Å². The van der Waals surface area contributed by atoms with Crippen molar-refractivity contribution in [2.75, 3.05) is 18.9 Å². The number of fused-ring (bicyclic) bond motifs is 1. The molecule has 12 nitrogen and oxygen atoms in total. The van der Waals surface area contributed by atoms with E-state index in [1.165, 1.54) is 0 Å². The number of likely N-dealkylation sites (N-methyl/N-ethyl adjacent to an activating group) is 1. The minimum Gasteiger partial charge on any atom is -0.357 e. The van der Waals surface area contributed by atoms with Crippen molar-refractivity contribution in [2.24, 2.45) is 5.92 Å². The van der Waals surface area contributed by atoms with E-state index >= 15 is 0 Å². The molecule has 2 aliphatic carbocycles. The summed E-state index contributed by atoms with van der Waals surface area (Å²) < 4.78 is 4.67. The van der Waals surface area contributed by atoms with Crippen LogP contribution in [0.2, 0.25) is 0 Å². The molecule has 2 aromatic rings. The first-order valence-corrected chi connectivity index (χ1v) is 14.1. The zero-order valence-electron chi connectivity index (χ0n) is 23.2. The Bertz CT molecular complexity index is 1300. The standard InChI is InChI=1S/C28H37N7O5/c1-4-20-15-35(27(39)31-20)28(26(38)29-3)13-18-10-11-21(12-19(18)14-28)30-25(37)23(17-8-6-5-7-9-17)32-24(36)22-16(2)33-40-34-22/h10-12,17,20,23H,4-9,13-15H2,1-3H3,(H,29,38)(H,30,37)(H,31,39)(H,32,36)/t20-,23-,28?/m0/s1. The van der Waals surface area contributed by atoms with Gasteiger partial charge in [0.2, 0.25) is 11.8 Å². The number of nitrogens with zero attached hydrogens (tertiary/aromatic N) is 3. The number of aromatic nitrogens is 2. The lowest BCUT2D eigenvalue weighted by atomic mass is 9.83. The number of aryl methyl sites for hydroxylation is 1. The first-order valence-electron chi connectivity index (χ1n) is 14.1. The fourth-order valence-electron chi connectivity index (χ4n) is 6.37. The molecule has 1 unspecified atom stereocenters. The molecule has 214 valence electrons. The number of carbonyl (C=O) groups is 4. The third kappa shape index (κ3) is 5.14. The highest BCUT2D eigenvalue weighted by molar-refractivity contribution is 6.01. The Morgan fingerprint density at radius 3 is 2.55 bits per heavy atom. The van der Waals surface area contributed by atoms with Crippen molar-refractivity contribution in [3.8, 4) is 0 Å². The van der Waals surface area contributed by atoms with Crippen LogP contribution in [0, 0.1) is 12.8 Å². The molecule has 1 aromatic heterocycles. The van der Waals surface area contributed by atoms with Crippen LogP contribution in [0.1, 0.15) is 72.8 Å². The van der Waals surface area contributed by atoms with Crippen molar-refractivity contribution < 1.29 is 23.8 Å². The second-order valence-corrected chi connectivity index (χ2v) is 11.1. The van der Waals surface area contributed by atoms with Gasteiger partial charge in [-0.05, 0) is 60.5 Å². The summed E-state index contributed by atoms with van der Waals surface area (Å²) in [6, 6.07) is 4.59. The molecular formula is C28H37N7O5. The summed E-state index contributed by atoms with van der Waals surface area (Å²) in [6.45, 7) is 4.09. The number of nitrogens with one attached hydrogen (secondary N) is 4. The molecule has 0 radical (unpaired) electrons. The highest BCUT2D eigenvalue weighted by atomic mass is 16.6. The summed E-state index contributed by atoms with van der Waals surface area (Å²) in [5, 5.41) is 19.0. The summed E-state index contributed by atoms with van der Waals surface area (Å²) in [6.07, 6.45) is 6.30. The van der Waals surface area contributed by atoms with Crippen molar-refractivity contribution in [1.29, 1.82) is 0 Å². The number of rotatable bonds is 8. The number of hydrogen-bond donors (Lipinski definition) is 4. The van der Waals surface area contributed by atoms with E-state index in [1.807, 2.05) is 19.1 Å². The molecule has 1 aromatic carbocycles. The van der Waals surface area contributed by atoms with Crippen LogP contribution in [0.25, 0.3) is 0 Å². The van der Waals surface area contributed by atoms with Crippen LogP contribution in [-0.4, -0.2) is 70.2 Å². The van der Waals surface area contributed by atoms with Gasteiger partial charge in [-0.25, -0.2) is 9.42 Å². The molecule has 5 rings (SSSR count). The maximum absolute atomic E-state index is 13.6. The predicted molar refractivity (Wildman–Crippen MR) is 145 cm³/mol. The summed E-state index contributed by atoms with van der Waals surface area (Å²) in [4.78, 5) is 54.3. The summed E-state index contributed by atoms with van der Waals surface area (Å²) in [7, 11) is 1.58. The lowest BCUT2D eigenvalue weighted by Crippen LogP contribution is -2.60. The first-order chi connectivity index (χ1) is 19.3. The molecule has 12 heteroatoms. The molecule has 3 aliphatic rings. The molecule has 1 saturated carbocycles. The van der Waals surface area contributed by atoms with Gasteiger partial charge in [0, 0.05) is 38.2 Å². The van der Waals surface area contributed by atoms with E-state index in [9.17, 15) is 19.2 Å². The lowest BCUT2D eigenvalue weighted by molar-refractivity contribution is -0.130. The van der Waals surface area contributed by atoms with Gasteiger partial charge in [-0.3, -0.25) is 14.4 Å². The van der Waals surface area contributed by atoms with E-state index in [2.05, 4.69) is 36.2 Å². The summed E-state index contributed by atoms with van der Waals surface area (Å²) in [5.41, 5.74) is 1.82. The SMILES string of the molecule is CC[C@H]1CN(C2(C(=O)NC)Cc3ccc(NC(=O)[C@@H](NC(=O)c4nonc4C)C4CCCCC4)cc3C2)C(=O)N1. The van der Waals surface area contributed by atoms with Gasteiger partial charge in [0.25, 0.3) is 5.91 Å². The Morgan fingerprint density at radius 2 is 1.90 bits per heavy atom. The summed E-state index contributed by atoms with van der Waals surface area (Å²) >= 11 is 0. The molecule has 4 N–H and O–H groups in total. The van der Waals surface area contributed by atoms with Gasteiger partial charge in [-0.1, -0.05) is 37.4 Å². The topological polar surface area (TPSA) is 159 Å². The van der Waals surface area contributed by atoms with Crippen molar-refractivity contribution in [3.05, 3.63) is 40.7 Å². The number of hydrogen-bond acceptors (Lipinski definition) is 7. The third-order valence-electron chi connectivity index (χ3n) is 8.63. The van der Waals surface area contributed by atoms with Gasteiger partial charge < -0.3 is 26.2 Å². The third-order valence-corrected chi connectivity index (χ3v) is 8.63. The molecule has 5 amide bonds. The highest BCUT2D eigenvalue weighted by Gasteiger charge is 2.52. The molecule has 40 heavy (non-hydrogen) atoms. The zero-order chi connectivity index (χ0) is 28.4. The van der Waals surface area contributed by atoms with E-state index in [-0.39, 0.29) is 35.5 Å². The smallest absolute Gasteiger partial charge is 0.318 e. The molecule has 1 saturated heterocycles. The summed E-state index contributed by atoms with van der Waals surface area (Å²) in [5.74, 6) is -1.02. The average Bonchev–Trinajstić information content (AvgIpc) is 3.67. The Kier molecular flexibility index (Phi) is 7.77. The van der Waals surface area contributed by atoms with Crippen LogP contribution in [0.3, 0.4) is 0 Å². The van der Waals surface area contributed by atoms with Crippen molar-refractivity contribution >= 4 is 29.4 Å². The van der Waals surface area contributed by atoms with Crippen LogP contribution in [0.4, 0.5) is 10.5 Å². The quantitative estimate of drug-likeness (QED) is 0.391. The molecule has 2 heterocycles. The van der Waals surface area contributed by atoms with Crippen LogP contribution < -0.4 is 21.3 Å². The van der Waals surface area contributed by atoms with Gasteiger partial charge >= 0.3 is 6.03 Å². The molecule has 2 fully saturated rings. The molecule has 1 aliphatic heterocycles. The fraction of sp³-hybridized carbons (Fsp3) is 0.571. The van der Waals surface area contributed by atoms with E-state index in [1.54, 1.807) is 24.9 Å². The predicted octanol–water partition coefficient (Wildman–Crippen LogP) is 2.08. The number of benzene rings is 1.